The summed E-state index contributed by atoms with van der Waals surface area (Å²) in [5.41, 5.74) is 2.17. The normalized spacial score (nSPS) is 15.8. The van der Waals surface area contributed by atoms with Gasteiger partial charge in [-0.3, -0.25) is 9.69 Å². The van der Waals surface area contributed by atoms with E-state index in [1.54, 1.807) is 37.6 Å². The Morgan fingerprint density at radius 2 is 1.95 bits per heavy atom. The minimum Gasteiger partial charge on any atom is -0.496 e. The highest BCUT2D eigenvalue weighted by atomic mass is 16.5. The molecule has 22 heavy (non-hydrogen) atoms. The maximum atomic E-state index is 12.6. The van der Waals surface area contributed by atoms with Gasteiger partial charge in [0.05, 0.1) is 13.2 Å². The van der Waals surface area contributed by atoms with Crippen LogP contribution < -0.4 is 4.74 Å². The van der Waals surface area contributed by atoms with E-state index in [0.29, 0.717) is 11.3 Å². The minimum atomic E-state index is -0.664. The molecule has 1 aliphatic rings. The quantitative estimate of drug-likeness (QED) is 0.852. The van der Waals surface area contributed by atoms with Gasteiger partial charge in [-0.05, 0) is 24.3 Å². The molecule has 4 heteroatoms. The lowest BCUT2D eigenvalue weighted by Gasteiger charge is -2.29. The average Bonchev–Trinajstić information content (AvgIpc) is 2.60. The van der Waals surface area contributed by atoms with Gasteiger partial charge in [0.2, 0.25) is 0 Å². The second kappa shape index (κ2) is 5.74. The smallest absolute Gasteiger partial charge is 0.259 e. The molecule has 108 valence electrons. The maximum absolute atomic E-state index is 12.6. The van der Waals surface area contributed by atoms with Gasteiger partial charge in [-0.2, -0.15) is 5.26 Å². The van der Waals surface area contributed by atoms with Crippen LogP contribution in [0.4, 0.5) is 0 Å². The van der Waals surface area contributed by atoms with Gasteiger partial charge >= 0.3 is 0 Å². The van der Waals surface area contributed by atoms with Crippen molar-refractivity contribution in [2.24, 2.45) is 0 Å². The number of amides is 1. The monoisotopic (exact) mass is 290 g/mol. The SMILES string of the molecule is COc1cccc2c1C=CN(C(=O)c1ccccc1)C2C#N. The van der Waals surface area contributed by atoms with E-state index in [9.17, 15) is 10.1 Å². The Morgan fingerprint density at radius 3 is 2.64 bits per heavy atom. The fourth-order valence-corrected chi connectivity index (χ4v) is 2.59. The van der Waals surface area contributed by atoms with E-state index in [4.69, 9.17) is 4.74 Å². The zero-order valence-electron chi connectivity index (χ0n) is 12.1. The van der Waals surface area contributed by atoms with Crippen LogP contribution in [0.1, 0.15) is 27.5 Å². The Kier molecular flexibility index (Phi) is 3.63. The molecule has 4 nitrogen and oxygen atoms in total. The first-order valence-electron chi connectivity index (χ1n) is 6.88. The number of rotatable bonds is 2. The third-order valence-electron chi connectivity index (χ3n) is 3.67. The van der Waals surface area contributed by atoms with E-state index >= 15 is 0 Å². The molecule has 0 saturated carbocycles. The Morgan fingerprint density at radius 1 is 1.18 bits per heavy atom. The molecule has 1 aliphatic heterocycles. The first kappa shape index (κ1) is 13.9. The predicted octanol–water partition coefficient (Wildman–Crippen LogP) is 3.39. The number of benzene rings is 2. The van der Waals surface area contributed by atoms with Crippen molar-refractivity contribution in [1.82, 2.24) is 4.90 Å². The number of carbonyl (C=O) groups excluding carboxylic acids is 1. The molecule has 1 unspecified atom stereocenters. The van der Waals surface area contributed by atoms with Crippen molar-refractivity contribution < 1.29 is 9.53 Å². The van der Waals surface area contributed by atoms with Crippen LogP contribution in [0, 0.1) is 11.3 Å². The lowest BCUT2D eigenvalue weighted by atomic mass is 9.95. The maximum Gasteiger partial charge on any atom is 0.259 e. The zero-order chi connectivity index (χ0) is 15.5. The molecule has 0 radical (unpaired) electrons. The molecule has 0 N–H and O–H groups in total. The summed E-state index contributed by atoms with van der Waals surface area (Å²) in [4.78, 5) is 14.1. The Balaban J connectivity index is 2.03. The summed E-state index contributed by atoms with van der Waals surface area (Å²) in [6.07, 6.45) is 3.46. The fraction of sp³-hybridized carbons (Fsp3) is 0.111. The van der Waals surface area contributed by atoms with E-state index in [0.717, 1.165) is 11.1 Å². The van der Waals surface area contributed by atoms with Crippen LogP contribution in [0.15, 0.2) is 54.7 Å². The molecule has 3 rings (SSSR count). The van der Waals surface area contributed by atoms with Crippen molar-refractivity contribution in [3.8, 4) is 11.8 Å². The first-order chi connectivity index (χ1) is 10.8. The fourth-order valence-electron chi connectivity index (χ4n) is 2.59. The third kappa shape index (κ3) is 2.23. The molecule has 1 heterocycles. The van der Waals surface area contributed by atoms with Gasteiger partial charge in [0.1, 0.15) is 11.8 Å². The molecule has 1 amide bonds. The first-order valence-corrected chi connectivity index (χ1v) is 6.88. The van der Waals surface area contributed by atoms with Crippen molar-refractivity contribution in [2.75, 3.05) is 7.11 Å². The van der Waals surface area contributed by atoms with E-state index in [1.165, 1.54) is 4.90 Å². The number of hydrogen-bond acceptors (Lipinski definition) is 3. The number of ether oxygens (including phenoxy) is 1. The van der Waals surface area contributed by atoms with Crippen molar-refractivity contribution >= 4 is 12.0 Å². The second-order valence-electron chi connectivity index (χ2n) is 4.89. The highest BCUT2D eigenvalue weighted by molar-refractivity contribution is 5.96. The van der Waals surface area contributed by atoms with Gasteiger partial charge in [-0.1, -0.05) is 30.3 Å². The van der Waals surface area contributed by atoms with Gasteiger partial charge in [0.15, 0.2) is 0 Å². The molecule has 2 aromatic rings. The molecular formula is C18H14N2O2. The Hall–Kier alpha value is -3.06. The summed E-state index contributed by atoms with van der Waals surface area (Å²) in [6.45, 7) is 0. The van der Waals surface area contributed by atoms with Crippen LogP contribution in [0.5, 0.6) is 5.75 Å². The second-order valence-corrected chi connectivity index (χ2v) is 4.89. The molecule has 0 aliphatic carbocycles. The van der Waals surface area contributed by atoms with E-state index < -0.39 is 6.04 Å². The third-order valence-corrected chi connectivity index (χ3v) is 3.67. The van der Waals surface area contributed by atoms with E-state index in [1.807, 2.05) is 30.3 Å². The van der Waals surface area contributed by atoms with Gasteiger partial charge in [0, 0.05) is 22.9 Å². The Labute approximate surface area is 128 Å². The Bertz CT molecular complexity index is 775. The summed E-state index contributed by atoms with van der Waals surface area (Å²) in [6, 6.07) is 16.0. The lowest BCUT2D eigenvalue weighted by molar-refractivity contribution is 0.0794. The molecule has 0 bridgehead atoms. The molecular weight excluding hydrogens is 276 g/mol. The molecule has 2 aromatic carbocycles. The molecule has 0 spiro atoms. The molecule has 0 saturated heterocycles. The van der Waals surface area contributed by atoms with Crippen molar-refractivity contribution in [2.45, 2.75) is 6.04 Å². The van der Waals surface area contributed by atoms with Crippen LogP contribution in [-0.2, 0) is 0 Å². The highest BCUT2D eigenvalue weighted by Crippen LogP contribution is 2.35. The predicted molar refractivity (Wildman–Crippen MR) is 83.0 cm³/mol. The number of nitriles is 1. The van der Waals surface area contributed by atoms with Gasteiger partial charge < -0.3 is 4.74 Å². The summed E-state index contributed by atoms with van der Waals surface area (Å²) >= 11 is 0. The van der Waals surface area contributed by atoms with Gasteiger partial charge in [-0.15, -0.1) is 0 Å². The molecule has 0 fully saturated rings. The molecule has 1 atom stereocenters. The van der Waals surface area contributed by atoms with Crippen LogP contribution in [-0.4, -0.2) is 17.9 Å². The van der Waals surface area contributed by atoms with Crippen LogP contribution in [0.2, 0.25) is 0 Å². The van der Waals surface area contributed by atoms with Crippen LogP contribution in [0.3, 0.4) is 0 Å². The summed E-state index contributed by atoms with van der Waals surface area (Å²) < 4.78 is 5.32. The number of carbonyl (C=O) groups is 1. The van der Waals surface area contributed by atoms with E-state index in [-0.39, 0.29) is 5.91 Å². The number of nitrogens with zero attached hydrogens (tertiary/aromatic N) is 2. The standard InChI is InChI=1S/C18H14N2O2/c1-22-17-9-5-8-14-15(17)10-11-20(16(14)12-19)18(21)13-6-3-2-4-7-13/h2-11,16H,1H3. The highest BCUT2D eigenvalue weighted by Gasteiger charge is 2.29. The van der Waals surface area contributed by atoms with Gasteiger partial charge in [-0.25, -0.2) is 0 Å². The summed E-state index contributed by atoms with van der Waals surface area (Å²) in [5, 5.41) is 9.55. The average molecular weight is 290 g/mol. The number of hydrogen-bond donors (Lipinski definition) is 0. The van der Waals surface area contributed by atoms with E-state index in [2.05, 4.69) is 6.07 Å². The summed E-state index contributed by atoms with van der Waals surface area (Å²) in [5.74, 6) is 0.498. The number of fused-ring (bicyclic) bond motifs is 1. The topological polar surface area (TPSA) is 53.3 Å². The lowest BCUT2D eigenvalue weighted by Crippen LogP contribution is -2.31. The van der Waals surface area contributed by atoms with Gasteiger partial charge in [0.25, 0.3) is 5.91 Å². The zero-order valence-corrected chi connectivity index (χ0v) is 12.1. The van der Waals surface area contributed by atoms with Crippen LogP contribution in [0.25, 0.3) is 6.08 Å². The minimum absolute atomic E-state index is 0.197. The summed E-state index contributed by atoms with van der Waals surface area (Å²) in [7, 11) is 1.59. The van der Waals surface area contributed by atoms with Crippen LogP contribution >= 0.6 is 0 Å². The van der Waals surface area contributed by atoms with Crippen molar-refractivity contribution in [3.63, 3.8) is 0 Å². The van der Waals surface area contributed by atoms with Crippen molar-refractivity contribution in [1.29, 1.82) is 5.26 Å². The number of methoxy groups -OCH3 is 1. The largest absolute Gasteiger partial charge is 0.496 e. The molecule has 0 aromatic heterocycles. The van der Waals surface area contributed by atoms with Crippen molar-refractivity contribution in [3.05, 3.63) is 71.4 Å².